The van der Waals surface area contributed by atoms with Crippen LogP contribution in [0.2, 0.25) is 5.02 Å². The van der Waals surface area contributed by atoms with Gasteiger partial charge in [-0.05, 0) is 48.6 Å². The summed E-state index contributed by atoms with van der Waals surface area (Å²) < 4.78 is 14.9. The van der Waals surface area contributed by atoms with Crippen molar-refractivity contribution in [3.05, 3.63) is 63.5 Å². The Kier molecular flexibility index (Phi) is 3.54. The van der Waals surface area contributed by atoms with Crippen LogP contribution in [0.5, 0.6) is 0 Å². The molecule has 2 atom stereocenters. The van der Waals surface area contributed by atoms with Crippen LogP contribution in [0.1, 0.15) is 30.7 Å². The van der Waals surface area contributed by atoms with Gasteiger partial charge in [0.25, 0.3) is 0 Å². The van der Waals surface area contributed by atoms with Crippen molar-refractivity contribution in [1.29, 1.82) is 0 Å². The van der Waals surface area contributed by atoms with Gasteiger partial charge in [0.15, 0.2) is 0 Å². The number of benzene rings is 2. The molecule has 2 aliphatic rings. The van der Waals surface area contributed by atoms with E-state index in [1.54, 1.807) is 16.7 Å². The molecule has 1 unspecified atom stereocenters. The number of nitrogens with one attached hydrogen (secondary N) is 1. The van der Waals surface area contributed by atoms with Gasteiger partial charge in [0.1, 0.15) is 12.0 Å². The predicted octanol–water partition coefficient (Wildman–Crippen LogP) is 4.44. The van der Waals surface area contributed by atoms with E-state index in [1.165, 1.54) is 18.4 Å². The van der Waals surface area contributed by atoms with Crippen LogP contribution in [0, 0.1) is 0 Å². The summed E-state index contributed by atoms with van der Waals surface area (Å²) in [6.07, 6.45) is 1.92. The summed E-state index contributed by atoms with van der Waals surface area (Å²) in [6, 6.07) is 13.1. The van der Waals surface area contributed by atoms with E-state index in [4.69, 9.17) is 11.6 Å². The minimum Gasteiger partial charge on any atom is -0.364 e. The van der Waals surface area contributed by atoms with Gasteiger partial charge in [-0.1, -0.05) is 29.8 Å². The molecule has 2 fully saturated rings. The highest BCUT2D eigenvalue weighted by Crippen LogP contribution is 2.41. The van der Waals surface area contributed by atoms with Gasteiger partial charge in [-0.15, -0.1) is 0 Å². The maximum Gasteiger partial charge on any atom is 0.354 e. The third-order valence-corrected chi connectivity index (χ3v) is 5.41. The van der Waals surface area contributed by atoms with Crippen LogP contribution in [0.3, 0.4) is 0 Å². The number of alkyl halides is 1. The molecule has 6 heteroatoms. The van der Waals surface area contributed by atoms with Crippen molar-refractivity contribution in [2.45, 2.75) is 37.4 Å². The average molecular weight is 370 g/mol. The van der Waals surface area contributed by atoms with E-state index < -0.39 is 11.9 Å². The van der Waals surface area contributed by atoms with Crippen molar-refractivity contribution < 1.29 is 4.39 Å². The highest BCUT2D eigenvalue weighted by molar-refractivity contribution is 6.32. The molecule has 1 aromatic heterocycles. The number of anilines is 1. The molecule has 2 aromatic carbocycles. The lowest BCUT2D eigenvalue weighted by molar-refractivity contribution is 0.472. The predicted molar refractivity (Wildman–Crippen MR) is 101 cm³/mol. The smallest absolute Gasteiger partial charge is 0.354 e. The molecule has 0 aliphatic heterocycles. The largest absolute Gasteiger partial charge is 0.364 e. The molecule has 1 N–H and O–H groups in total. The number of para-hydroxylation sites is 1. The van der Waals surface area contributed by atoms with E-state index in [0.717, 1.165) is 10.9 Å². The normalized spacial score (nSPS) is 21.8. The Morgan fingerprint density at radius 3 is 2.65 bits per heavy atom. The Morgan fingerprint density at radius 2 is 1.96 bits per heavy atom. The van der Waals surface area contributed by atoms with Crippen molar-refractivity contribution in [1.82, 2.24) is 9.55 Å². The van der Waals surface area contributed by atoms with Crippen LogP contribution in [-0.4, -0.2) is 21.8 Å². The van der Waals surface area contributed by atoms with E-state index in [9.17, 15) is 9.18 Å². The zero-order chi connectivity index (χ0) is 17.8. The Balaban J connectivity index is 1.76. The van der Waals surface area contributed by atoms with E-state index in [-0.39, 0.29) is 6.04 Å². The standard InChI is InChI=1S/C20H17ClFN3O/c21-14-3-1-2-4-17(14)25-18-9-12(11-5-6-11)7-8-13(18)19(24-20(25)26)23-16-10-15(16)22/h1-4,7-9,11,15-16H,5-6,10H2,(H,23,24,26)/t15-,16?/m1/s1. The highest BCUT2D eigenvalue weighted by atomic mass is 35.5. The summed E-state index contributed by atoms with van der Waals surface area (Å²) in [5.74, 6) is 0.998. The number of halogens is 2. The highest BCUT2D eigenvalue weighted by Gasteiger charge is 2.38. The molecule has 1 heterocycles. The molecule has 26 heavy (non-hydrogen) atoms. The zero-order valence-corrected chi connectivity index (χ0v) is 14.7. The first kappa shape index (κ1) is 15.8. The molecule has 0 spiro atoms. The summed E-state index contributed by atoms with van der Waals surface area (Å²) in [5, 5.41) is 4.36. The molecule has 5 rings (SSSR count). The van der Waals surface area contributed by atoms with Crippen molar-refractivity contribution in [3.63, 3.8) is 0 Å². The fourth-order valence-electron chi connectivity index (χ4n) is 3.38. The lowest BCUT2D eigenvalue weighted by Gasteiger charge is -2.15. The fourth-order valence-corrected chi connectivity index (χ4v) is 3.60. The SMILES string of the molecule is O=c1nc(NC2C[C@H]2F)c2ccc(C3CC3)cc2n1-c1ccccc1Cl. The van der Waals surface area contributed by atoms with Gasteiger partial charge in [-0.25, -0.2) is 9.18 Å². The quantitative estimate of drug-likeness (QED) is 0.739. The second kappa shape index (κ2) is 5.81. The monoisotopic (exact) mass is 369 g/mol. The molecule has 132 valence electrons. The molecule has 4 nitrogen and oxygen atoms in total. The summed E-state index contributed by atoms with van der Waals surface area (Å²) >= 11 is 6.35. The van der Waals surface area contributed by atoms with Crippen molar-refractivity contribution in [3.8, 4) is 5.69 Å². The van der Waals surface area contributed by atoms with Gasteiger partial charge < -0.3 is 5.32 Å². The first-order valence-corrected chi connectivity index (χ1v) is 9.22. The molecule has 2 saturated carbocycles. The third-order valence-electron chi connectivity index (χ3n) is 5.09. The lowest BCUT2D eigenvalue weighted by atomic mass is 10.1. The van der Waals surface area contributed by atoms with Gasteiger partial charge in [0.05, 0.1) is 22.3 Å². The van der Waals surface area contributed by atoms with Crippen LogP contribution in [0.4, 0.5) is 10.2 Å². The van der Waals surface area contributed by atoms with Gasteiger partial charge in [0, 0.05) is 11.8 Å². The molecule has 0 saturated heterocycles. The lowest BCUT2D eigenvalue weighted by Crippen LogP contribution is -2.24. The number of fused-ring (bicyclic) bond motifs is 1. The van der Waals surface area contributed by atoms with Crippen LogP contribution in [-0.2, 0) is 0 Å². The topological polar surface area (TPSA) is 46.9 Å². The van der Waals surface area contributed by atoms with Gasteiger partial charge >= 0.3 is 5.69 Å². The maximum absolute atomic E-state index is 13.3. The number of rotatable bonds is 4. The maximum atomic E-state index is 13.3. The fraction of sp³-hybridized carbons (Fsp3) is 0.300. The first-order chi connectivity index (χ1) is 12.6. The van der Waals surface area contributed by atoms with E-state index >= 15 is 0 Å². The van der Waals surface area contributed by atoms with E-state index in [2.05, 4.69) is 16.4 Å². The van der Waals surface area contributed by atoms with Gasteiger partial charge in [0.2, 0.25) is 0 Å². The van der Waals surface area contributed by atoms with Crippen molar-refractivity contribution in [2.24, 2.45) is 0 Å². The molecule has 2 aliphatic carbocycles. The number of hydrogen-bond donors (Lipinski definition) is 1. The van der Waals surface area contributed by atoms with Crippen LogP contribution < -0.4 is 11.0 Å². The molecule has 0 bridgehead atoms. The van der Waals surface area contributed by atoms with Gasteiger partial charge in [-0.2, -0.15) is 4.98 Å². The Morgan fingerprint density at radius 1 is 1.19 bits per heavy atom. The molecular formula is C20H17ClFN3O. The summed E-state index contributed by atoms with van der Waals surface area (Å²) in [4.78, 5) is 17.0. The summed E-state index contributed by atoms with van der Waals surface area (Å²) in [6.45, 7) is 0. The number of nitrogens with zero attached hydrogens (tertiary/aromatic N) is 2. The third kappa shape index (κ3) is 2.67. The Labute approximate surface area is 154 Å². The number of hydrogen-bond acceptors (Lipinski definition) is 3. The second-order valence-corrected chi connectivity index (χ2v) is 7.49. The minimum atomic E-state index is -0.872. The molecular weight excluding hydrogens is 353 g/mol. The van der Waals surface area contributed by atoms with Gasteiger partial charge in [-0.3, -0.25) is 4.57 Å². The second-order valence-electron chi connectivity index (χ2n) is 7.08. The summed E-state index contributed by atoms with van der Waals surface area (Å²) in [7, 11) is 0. The molecule has 3 aromatic rings. The minimum absolute atomic E-state index is 0.260. The molecule has 0 radical (unpaired) electrons. The van der Waals surface area contributed by atoms with Crippen LogP contribution >= 0.6 is 11.6 Å². The molecule has 0 amide bonds. The van der Waals surface area contributed by atoms with E-state index in [0.29, 0.717) is 28.9 Å². The van der Waals surface area contributed by atoms with Crippen molar-refractivity contribution >= 4 is 28.3 Å². The van der Waals surface area contributed by atoms with Crippen LogP contribution in [0.25, 0.3) is 16.6 Å². The average Bonchev–Trinajstić information content (AvgIpc) is 3.54. The Hall–Kier alpha value is -2.40. The zero-order valence-electron chi connectivity index (χ0n) is 14.0. The Bertz CT molecular complexity index is 1080. The number of aromatic nitrogens is 2. The van der Waals surface area contributed by atoms with Crippen LogP contribution in [0.15, 0.2) is 47.3 Å². The van der Waals surface area contributed by atoms with E-state index in [1.807, 2.05) is 24.3 Å². The van der Waals surface area contributed by atoms with Crippen molar-refractivity contribution in [2.75, 3.05) is 5.32 Å². The first-order valence-electron chi connectivity index (χ1n) is 8.84. The summed E-state index contributed by atoms with van der Waals surface area (Å²) in [5.41, 5.74) is 2.15.